The summed E-state index contributed by atoms with van der Waals surface area (Å²) in [7, 11) is 0. The number of benzene rings is 1. The number of alkyl halides is 3. The molecule has 0 aromatic heterocycles. The van der Waals surface area contributed by atoms with Crippen molar-refractivity contribution in [1.29, 1.82) is 0 Å². The number of halogens is 3. The number of rotatable bonds is 5. The van der Waals surface area contributed by atoms with E-state index in [1.54, 1.807) is 51.1 Å². The van der Waals surface area contributed by atoms with E-state index >= 15 is 0 Å². The van der Waals surface area contributed by atoms with Gasteiger partial charge >= 0.3 is 12.1 Å². The van der Waals surface area contributed by atoms with Crippen molar-refractivity contribution >= 4 is 12.0 Å². The normalized spacial score (nSPS) is 14.9. The molecule has 0 spiro atoms. The molecule has 5 heteroatoms. The van der Waals surface area contributed by atoms with Gasteiger partial charge in [-0.3, -0.25) is 4.79 Å². The Balaban J connectivity index is 2.93. The summed E-state index contributed by atoms with van der Waals surface area (Å²) in [5.41, 5.74) is -1.87. The molecule has 0 aliphatic heterocycles. The van der Waals surface area contributed by atoms with E-state index < -0.39 is 23.2 Å². The molecule has 0 saturated heterocycles. The fourth-order valence-corrected chi connectivity index (χ4v) is 1.96. The standard InChI is InChI=1S/C18H23F3O2/c1-6-13-7-9-14(10-8-13)11-12-17(5,18(19,20)21)15(22)23-16(2,3)4/h6-10H,1,11-12H2,2-5H3. The lowest BCUT2D eigenvalue weighted by molar-refractivity contribution is -0.236. The van der Waals surface area contributed by atoms with Gasteiger partial charge in [0.05, 0.1) is 0 Å². The second kappa shape index (κ2) is 6.77. The van der Waals surface area contributed by atoms with Crippen LogP contribution in [0.5, 0.6) is 0 Å². The minimum absolute atomic E-state index is 0.132. The van der Waals surface area contributed by atoms with Gasteiger partial charge in [-0.2, -0.15) is 13.2 Å². The third-order valence-corrected chi connectivity index (χ3v) is 3.60. The molecule has 0 radical (unpaired) electrons. The quantitative estimate of drug-likeness (QED) is 0.697. The van der Waals surface area contributed by atoms with Crippen LogP contribution in [-0.2, 0) is 16.0 Å². The van der Waals surface area contributed by atoms with Gasteiger partial charge < -0.3 is 4.74 Å². The molecule has 0 saturated carbocycles. The maximum Gasteiger partial charge on any atom is 0.404 e. The lowest BCUT2D eigenvalue weighted by Crippen LogP contribution is -2.46. The maximum atomic E-state index is 13.4. The molecule has 128 valence electrons. The Kier molecular flexibility index (Phi) is 5.67. The number of hydrogen-bond acceptors (Lipinski definition) is 2. The van der Waals surface area contributed by atoms with Gasteiger partial charge in [0, 0.05) is 0 Å². The molecule has 0 amide bonds. The monoisotopic (exact) mass is 328 g/mol. The van der Waals surface area contributed by atoms with Gasteiger partial charge in [-0.15, -0.1) is 0 Å². The van der Waals surface area contributed by atoms with Crippen LogP contribution in [0.2, 0.25) is 0 Å². The predicted octanol–water partition coefficient (Wildman–Crippen LogP) is 5.17. The van der Waals surface area contributed by atoms with E-state index in [-0.39, 0.29) is 12.8 Å². The smallest absolute Gasteiger partial charge is 0.404 e. The first-order chi connectivity index (χ1) is 10.4. The first-order valence-electron chi connectivity index (χ1n) is 7.40. The van der Waals surface area contributed by atoms with Crippen LogP contribution in [0.15, 0.2) is 30.8 Å². The van der Waals surface area contributed by atoms with E-state index in [4.69, 9.17) is 4.74 Å². The average Bonchev–Trinajstić information content (AvgIpc) is 2.42. The van der Waals surface area contributed by atoms with E-state index in [0.717, 1.165) is 18.1 Å². The zero-order valence-corrected chi connectivity index (χ0v) is 14.0. The summed E-state index contributed by atoms with van der Waals surface area (Å²) in [6.45, 7) is 9.18. The van der Waals surface area contributed by atoms with Crippen LogP contribution in [0.3, 0.4) is 0 Å². The summed E-state index contributed by atoms with van der Waals surface area (Å²) < 4.78 is 45.3. The molecule has 0 N–H and O–H groups in total. The van der Waals surface area contributed by atoms with Gasteiger partial charge in [0.15, 0.2) is 5.41 Å². The highest BCUT2D eigenvalue weighted by Gasteiger charge is 2.57. The van der Waals surface area contributed by atoms with Crippen LogP contribution in [0.25, 0.3) is 6.08 Å². The molecule has 1 aromatic rings. The van der Waals surface area contributed by atoms with Crippen molar-refractivity contribution in [3.63, 3.8) is 0 Å². The summed E-state index contributed by atoms with van der Waals surface area (Å²) in [4.78, 5) is 12.1. The van der Waals surface area contributed by atoms with Crippen LogP contribution in [0.4, 0.5) is 13.2 Å². The third-order valence-electron chi connectivity index (χ3n) is 3.60. The lowest BCUT2D eigenvalue weighted by Gasteiger charge is -2.33. The molecule has 1 unspecified atom stereocenters. The minimum atomic E-state index is -4.67. The highest BCUT2D eigenvalue weighted by atomic mass is 19.4. The van der Waals surface area contributed by atoms with E-state index in [9.17, 15) is 18.0 Å². The Hall–Kier alpha value is -1.78. The van der Waals surface area contributed by atoms with Gasteiger partial charge in [-0.1, -0.05) is 36.9 Å². The van der Waals surface area contributed by atoms with Crippen molar-refractivity contribution in [3.05, 3.63) is 42.0 Å². The Labute approximate surface area is 135 Å². The fourth-order valence-electron chi connectivity index (χ4n) is 1.96. The molecule has 1 aromatic carbocycles. The molecule has 2 nitrogen and oxygen atoms in total. The van der Waals surface area contributed by atoms with Gasteiger partial charge in [-0.25, -0.2) is 0 Å². The first kappa shape index (κ1) is 19.3. The van der Waals surface area contributed by atoms with Crippen LogP contribution >= 0.6 is 0 Å². The van der Waals surface area contributed by atoms with Crippen LogP contribution in [0.1, 0.15) is 45.2 Å². The van der Waals surface area contributed by atoms with Crippen LogP contribution < -0.4 is 0 Å². The molecule has 0 aliphatic rings. The molecule has 23 heavy (non-hydrogen) atoms. The van der Waals surface area contributed by atoms with Gasteiger partial charge in [0.1, 0.15) is 5.60 Å². The van der Waals surface area contributed by atoms with E-state index in [1.807, 2.05) is 0 Å². The number of esters is 1. The highest BCUT2D eigenvalue weighted by Crippen LogP contribution is 2.43. The van der Waals surface area contributed by atoms with Crippen molar-refractivity contribution in [1.82, 2.24) is 0 Å². The van der Waals surface area contributed by atoms with Crippen LogP contribution in [0, 0.1) is 5.41 Å². The molecular formula is C18H23F3O2. The summed E-state index contributed by atoms with van der Waals surface area (Å²) in [6, 6.07) is 7.03. The van der Waals surface area contributed by atoms with Gasteiger partial charge in [-0.05, 0) is 51.7 Å². The minimum Gasteiger partial charge on any atom is -0.459 e. The number of carbonyl (C=O) groups is 1. The lowest BCUT2D eigenvalue weighted by atomic mass is 9.83. The summed E-state index contributed by atoms with van der Waals surface area (Å²) in [5, 5.41) is 0. The van der Waals surface area contributed by atoms with Crippen molar-refractivity contribution in [3.8, 4) is 0 Å². The predicted molar refractivity (Wildman–Crippen MR) is 84.9 cm³/mol. The second-order valence-corrected chi connectivity index (χ2v) is 6.78. The Morgan fingerprint density at radius 1 is 1.13 bits per heavy atom. The zero-order chi connectivity index (χ0) is 17.9. The number of aryl methyl sites for hydroxylation is 1. The second-order valence-electron chi connectivity index (χ2n) is 6.78. The van der Waals surface area contributed by atoms with E-state index in [1.165, 1.54) is 0 Å². The Morgan fingerprint density at radius 2 is 1.65 bits per heavy atom. The fraction of sp³-hybridized carbons (Fsp3) is 0.500. The SMILES string of the molecule is C=Cc1ccc(CCC(C)(C(=O)OC(C)(C)C)C(F)(F)F)cc1. The van der Waals surface area contributed by atoms with Crippen molar-refractivity contribution in [2.45, 2.75) is 52.3 Å². The Bertz CT molecular complexity index is 553. The van der Waals surface area contributed by atoms with Crippen molar-refractivity contribution < 1.29 is 22.7 Å². The largest absolute Gasteiger partial charge is 0.459 e. The molecule has 1 rings (SSSR count). The number of ether oxygens (including phenoxy) is 1. The maximum absolute atomic E-state index is 13.4. The number of carbonyl (C=O) groups excluding carboxylic acids is 1. The summed E-state index contributed by atoms with van der Waals surface area (Å²) in [5.74, 6) is -1.24. The highest BCUT2D eigenvalue weighted by molar-refractivity contribution is 5.77. The molecule has 0 bridgehead atoms. The summed E-state index contributed by atoms with van der Waals surface area (Å²) >= 11 is 0. The van der Waals surface area contributed by atoms with Crippen molar-refractivity contribution in [2.24, 2.45) is 5.41 Å². The topological polar surface area (TPSA) is 26.3 Å². The molecule has 1 atom stereocenters. The van der Waals surface area contributed by atoms with Crippen molar-refractivity contribution in [2.75, 3.05) is 0 Å². The third kappa shape index (κ3) is 5.12. The average molecular weight is 328 g/mol. The van der Waals surface area contributed by atoms with Crippen LogP contribution in [-0.4, -0.2) is 17.7 Å². The first-order valence-corrected chi connectivity index (χ1v) is 7.40. The zero-order valence-electron chi connectivity index (χ0n) is 14.0. The van der Waals surface area contributed by atoms with Gasteiger partial charge in [0.25, 0.3) is 0 Å². The molecular weight excluding hydrogens is 305 g/mol. The number of hydrogen-bond donors (Lipinski definition) is 0. The molecule has 0 heterocycles. The van der Waals surface area contributed by atoms with Gasteiger partial charge in [0.2, 0.25) is 0 Å². The Morgan fingerprint density at radius 3 is 2.04 bits per heavy atom. The van der Waals surface area contributed by atoms with E-state index in [0.29, 0.717) is 0 Å². The summed E-state index contributed by atoms with van der Waals surface area (Å²) in [6.07, 6.45) is -3.24. The molecule has 0 aliphatic carbocycles. The molecule has 0 fully saturated rings. The van der Waals surface area contributed by atoms with E-state index in [2.05, 4.69) is 6.58 Å².